The van der Waals surface area contributed by atoms with Crippen LogP contribution in [0.15, 0.2) is 18.9 Å². The third kappa shape index (κ3) is 1.93. The minimum Gasteiger partial charge on any atom is -0.390 e. The summed E-state index contributed by atoms with van der Waals surface area (Å²) in [5, 5.41) is 26.0. The van der Waals surface area contributed by atoms with Gasteiger partial charge in [0.25, 0.3) is 0 Å². The molecule has 0 saturated heterocycles. The van der Waals surface area contributed by atoms with E-state index < -0.39 is 10.9 Å². The summed E-state index contributed by atoms with van der Waals surface area (Å²) < 4.78 is 2.95. The molecule has 0 saturated carbocycles. The van der Waals surface area contributed by atoms with E-state index in [1.54, 1.807) is 17.0 Å². The molecule has 1 N–H and O–H groups in total. The van der Waals surface area contributed by atoms with E-state index in [0.29, 0.717) is 30.1 Å². The minimum atomic E-state index is -0.638. The molecule has 0 aliphatic heterocycles. The van der Waals surface area contributed by atoms with Crippen LogP contribution in [0.2, 0.25) is 0 Å². The second-order valence-electron chi connectivity index (χ2n) is 4.49. The summed E-state index contributed by atoms with van der Waals surface area (Å²) in [6, 6.07) is 0. The number of nitrogens with one attached hydrogen (secondary N) is 1. The molecular weight excluding hydrogens is 292 g/mol. The van der Waals surface area contributed by atoms with E-state index in [-0.39, 0.29) is 0 Å². The first kappa shape index (κ1) is 12.3. The third-order valence-electron chi connectivity index (χ3n) is 3.08. The number of aryl methyl sites for hydroxylation is 2. The molecule has 110 valence electrons. The van der Waals surface area contributed by atoms with Crippen molar-refractivity contribution >= 4 is 22.6 Å². The van der Waals surface area contributed by atoms with Gasteiger partial charge in [0.05, 0.1) is 18.1 Å². The predicted octanol–water partition coefficient (Wildman–Crippen LogP) is -0.257. The van der Waals surface area contributed by atoms with Crippen LogP contribution in [0.3, 0.4) is 0 Å². The third-order valence-corrected chi connectivity index (χ3v) is 3.08. The Hall–Kier alpha value is -3.44. The lowest BCUT2D eigenvalue weighted by Crippen LogP contribution is -2.04. The number of aromatic amines is 1. The highest BCUT2D eigenvalue weighted by Gasteiger charge is 2.14. The monoisotopic (exact) mass is 300 g/mol. The number of hydrogen-bond donors (Lipinski definition) is 1. The predicted molar refractivity (Wildman–Crippen MR) is 70.8 cm³/mol. The van der Waals surface area contributed by atoms with Gasteiger partial charge in [0.15, 0.2) is 17.1 Å². The lowest BCUT2D eigenvalue weighted by Gasteiger charge is -1.91. The van der Waals surface area contributed by atoms with E-state index in [0.717, 1.165) is 5.39 Å². The number of fused-ring (bicyclic) bond motifs is 3. The van der Waals surface area contributed by atoms with E-state index in [1.807, 2.05) is 0 Å². The highest BCUT2D eigenvalue weighted by atomic mass is 16.6. The van der Waals surface area contributed by atoms with Crippen LogP contribution in [0, 0.1) is 10.1 Å². The maximum Gasteiger partial charge on any atom is 0.490 e. The van der Waals surface area contributed by atoms with Crippen molar-refractivity contribution in [3.05, 3.63) is 34.8 Å². The van der Waals surface area contributed by atoms with Gasteiger partial charge in [-0.25, -0.2) is 14.5 Å². The van der Waals surface area contributed by atoms with E-state index in [2.05, 4.69) is 35.3 Å². The van der Waals surface area contributed by atoms with Crippen molar-refractivity contribution < 1.29 is 4.92 Å². The van der Waals surface area contributed by atoms with Gasteiger partial charge >= 0.3 is 5.95 Å². The molecule has 0 unspecified atom stereocenters. The maximum absolute atomic E-state index is 10.5. The molecular formula is C10H8N10O2. The molecule has 0 bridgehead atoms. The fraction of sp³-hybridized carbons (Fsp3) is 0.200. The summed E-state index contributed by atoms with van der Waals surface area (Å²) in [5.41, 5.74) is 1.29. The molecule has 0 spiro atoms. The first-order valence-corrected chi connectivity index (χ1v) is 6.28. The molecule has 0 aliphatic carbocycles. The molecule has 0 fully saturated rings. The van der Waals surface area contributed by atoms with Gasteiger partial charge in [-0.05, 0) is 4.92 Å². The number of nitrogens with zero attached hydrogens (tertiary/aromatic N) is 9. The molecule has 0 atom stereocenters. The number of hydrogen-bond acceptors (Lipinski definition) is 8. The van der Waals surface area contributed by atoms with Crippen molar-refractivity contribution in [3.8, 4) is 0 Å². The van der Waals surface area contributed by atoms with Crippen molar-refractivity contribution in [3.63, 3.8) is 0 Å². The summed E-state index contributed by atoms with van der Waals surface area (Å²) in [4.78, 5) is 22.1. The molecule has 4 rings (SSSR count). The van der Waals surface area contributed by atoms with Gasteiger partial charge in [0.2, 0.25) is 6.33 Å². The van der Waals surface area contributed by atoms with Gasteiger partial charge < -0.3 is 10.1 Å². The quantitative estimate of drug-likeness (QED) is 0.400. The Morgan fingerprint density at radius 2 is 2.18 bits per heavy atom. The van der Waals surface area contributed by atoms with Crippen LogP contribution in [0.1, 0.15) is 5.82 Å². The molecule has 4 aromatic rings. The van der Waals surface area contributed by atoms with Gasteiger partial charge in [-0.1, -0.05) is 4.98 Å². The summed E-state index contributed by atoms with van der Waals surface area (Å²) in [5.74, 6) is 0.154. The van der Waals surface area contributed by atoms with Crippen LogP contribution in [-0.4, -0.2) is 49.5 Å². The van der Waals surface area contributed by atoms with Crippen molar-refractivity contribution in [2.24, 2.45) is 0 Å². The van der Waals surface area contributed by atoms with Crippen LogP contribution in [0.25, 0.3) is 16.7 Å². The van der Waals surface area contributed by atoms with Crippen LogP contribution < -0.4 is 0 Å². The number of rotatable bonds is 4. The lowest BCUT2D eigenvalue weighted by atomic mass is 10.4. The van der Waals surface area contributed by atoms with Crippen molar-refractivity contribution in [2.45, 2.75) is 13.0 Å². The van der Waals surface area contributed by atoms with E-state index in [1.165, 1.54) is 11.0 Å². The van der Waals surface area contributed by atoms with Gasteiger partial charge in [0, 0.05) is 11.5 Å². The Morgan fingerprint density at radius 1 is 1.27 bits per heavy atom. The van der Waals surface area contributed by atoms with Crippen LogP contribution in [0.5, 0.6) is 0 Å². The molecule has 12 heteroatoms. The lowest BCUT2D eigenvalue weighted by molar-refractivity contribution is -0.394. The van der Waals surface area contributed by atoms with Gasteiger partial charge in [-0.15, -0.1) is 5.10 Å². The molecule has 0 amide bonds. The number of H-pyrrole nitrogens is 1. The summed E-state index contributed by atoms with van der Waals surface area (Å²) >= 11 is 0. The Bertz CT molecular complexity index is 982. The molecule has 4 aromatic heterocycles. The Labute approximate surface area is 121 Å². The first-order chi connectivity index (χ1) is 10.7. The maximum atomic E-state index is 10.5. The largest absolute Gasteiger partial charge is 0.490 e. The topological polar surface area (TPSA) is 146 Å². The first-order valence-electron chi connectivity index (χ1n) is 6.28. The normalized spacial score (nSPS) is 11.5. The average Bonchev–Trinajstić information content (AvgIpc) is 3.22. The zero-order valence-electron chi connectivity index (χ0n) is 11.0. The molecule has 4 heterocycles. The smallest absolute Gasteiger partial charge is 0.390 e. The van der Waals surface area contributed by atoms with Crippen molar-refractivity contribution in [1.82, 2.24) is 44.5 Å². The molecule has 0 aliphatic rings. The summed E-state index contributed by atoms with van der Waals surface area (Å²) in [6.07, 6.45) is 4.95. The van der Waals surface area contributed by atoms with Crippen LogP contribution in [-0.2, 0) is 13.0 Å². The SMILES string of the molecule is O=[N+]([O-])c1ncn(CCc2nc3c4cn[nH]c4ncn3n2)n1. The van der Waals surface area contributed by atoms with Gasteiger partial charge in [-0.3, -0.25) is 5.10 Å². The minimum absolute atomic E-state index is 0.389. The van der Waals surface area contributed by atoms with E-state index >= 15 is 0 Å². The summed E-state index contributed by atoms with van der Waals surface area (Å²) in [6.45, 7) is 0.389. The average molecular weight is 300 g/mol. The summed E-state index contributed by atoms with van der Waals surface area (Å²) in [7, 11) is 0. The van der Waals surface area contributed by atoms with Crippen LogP contribution >= 0.6 is 0 Å². The highest BCUT2D eigenvalue weighted by Crippen LogP contribution is 2.13. The molecule has 12 nitrogen and oxygen atoms in total. The Morgan fingerprint density at radius 3 is 3.00 bits per heavy atom. The number of nitro groups is 1. The zero-order chi connectivity index (χ0) is 15.1. The molecule has 0 aromatic carbocycles. The van der Waals surface area contributed by atoms with Crippen molar-refractivity contribution in [2.75, 3.05) is 0 Å². The Kier molecular flexibility index (Phi) is 2.54. The highest BCUT2D eigenvalue weighted by molar-refractivity contribution is 5.87. The Balaban J connectivity index is 1.59. The fourth-order valence-corrected chi connectivity index (χ4v) is 2.08. The molecule has 22 heavy (non-hydrogen) atoms. The van der Waals surface area contributed by atoms with Crippen molar-refractivity contribution in [1.29, 1.82) is 0 Å². The zero-order valence-corrected chi connectivity index (χ0v) is 11.0. The number of aromatic nitrogens is 9. The fourth-order valence-electron chi connectivity index (χ4n) is 2.08. The molecule has 0 radical (unpaired) electrons. The van der Waals surface area contributed by atoms with E-state index in [4.69, 9.17) is 0 Å². The van der Waals surface area contributed by atoms with Gasteiger partial charge in [-0.2, -0.15) is 9.78 Å². The second-order valence-corrected chi connectivity index (χ2v) is 4.49. The second kappa shape index (κ2) is 4.54. The van der Waals surface area contributed by atoms with Crippen LogP contribution in [0.4, 0.5) is 5.95 Å². The van der Waals surface area contributed by atoms with E-state index in [9.17, 15) is 10.1 Å². The van der Waals surface area contributed by atoms with Gasteiger partial charge in [0.1, 0.15) is 6.33 Å². The standard InChI is InChI=1S/C10H8N10O2/c21-20(22)10-12-4-18(17-10)2-1-7-14-9-6-3-13-15-8(6)11-5-19(9)16-7/h3-5H,1-2H2,(H,13,15).